The van der Waals surface area contributed by atoms with Crippen LogP contribution in [0.25, 0.3) is 0 Å². The monoisotopic (exact) mass is 322 g/mol. The van der Waals surface area contributed by atoms with Gasteiger partial charge in [0, 0.05) is 6.04 Å². The lowest BCUT2D eigenvalue weighted by molar-refractivity contribution is 0.504. The summed E-state index contributed by atoms with van der Waals surface area (Å²) in [5, 5.41) is 8.69. The van der Waals surface area contributed by atoms with Gasteiger partial charge in [0.1, 0.15) is 0 Å². The van der Waals surface area contributed by atoms with Crippen molar-refractivity contribution in [2.75, 3.05) is 0 Å². The molecule has 0 saturated carbocycles. The Labute approximate surface area is 127 Å². The Morgan fingerprint density at radius 2 is 1.73 bits per heavy atom. The summed E-state index contributed by atoms with van der Waals surface area (Å²) < 4.78 is 52.9. The number of sulfonamides is 1. The van der Waals surface area contributed by atoms with Crippen molar-refractivity contribution in [3.05, 3.63) is 65.2 Å². The van der Waals surface area contributed by atoms with Crippen LogP contribution in [0.15, 0.2) is 47.4 Å². The molecule has 0 saturated heterocycles. The zero-order chi connectivity index (χ0) is 16.3. The fourth-order valence-electron chi connectivity index (χ4n) is 1.86. The van der Waals surface area contributed by atoms with Gasteiger partial charge in [0.2, 0.25) is 10.0 Å². The molecule has 2 aromatic rings. The van der Waals surface area contributed by atoms with Gasteiger partial charge >= 0.3 is 0 Å². The van der Waals surface area contributed by atoms with E-state index in [0.717, 1.165) is 12.1 Å². The van der Waals surface area contributed by atoms with Gasteiger partial charge in [-0.1, -0.05) is 6.07 Å². The normalized spacial score (nSPS) is 12.6. The van der Waals surface area contributed by atoms with Crippen molar-refractivity contribution in [3.8, 4) is 6.07 Å². The minimum atomic E-state index is -3.83. The highest BCUT2D eigenvalue weighted by molar-refractivity contribution is 7.89. The van der Waals surface area contributed by atoms with Gasteiger partial charge in [-0.05, 0) is 48.9 Å². The third kappa shape index (κ3) is 3.47. The van der Waals surface area contributed by atoms with E-state index in [1.807, 2.05) is 6.07 Å². The van der Waals surface area contributed by atoms with E-state index >= 15 is 0 Å². The van der Waals surface area contributed by atoms with Gasteiger partial charge in [-0.25, -0.2) is 21.9 Å². The summed E-state index contributed by atoms with van der Waals surface area (Å²) in [6.45, 7) is 1.52. The first kappa shape index (κ1) is 16.1. The number of hydrogen-bond acceptors (Lipinski definition) is 3. The maximum atomic E-state index is 13.2. The van der Waals surface area contributed by atoms with Crippen molar-refractivity contribution in [2.24, 2.45) is 0 Å². The fraction of sp³-hybridized carbons (Fsp3) is 0.133. The quantitative estimate of drug-likeness (QED) is 0.941. The minimum Gasteiger partial charge on any atom is -0.207 e. The summed E-state index contributed by atoms with van der Waals surface area (Å²) >= 11 is 0. The number of nitrogens with one attached hydrogen (secondary N) is 1. The highest BCUT2D eigenvalue weighted by Crippen LogP contribution is 2.19. The molecule has 1 unspecified atom stereocenters. The summed E-state index contributed by atoms with van der Waals surface area (Å²) in [6.07, 6.45) is 0. The topological polar surface area (TPSA) is 70.0 Å². The van der Waals surface area contributed by atoms with Crippen LogP contribution in [0.2, 0.25) is 0 Å². The second kappa shape index (κ2) is 6.22. The van der Waals surface area contributed by atoms with Gasteiger partial charge in [-0.15, -0.1) is 0 Å². The molecule has 0 aliphatic heterocycles. The molecule has 0 amide bonds. The molecule has 4 nitrogen and oxygen atoms in total. The Morgan fingerprint density at radius 1 is 1.09 bits per heavy atom. The molecule has 0 bridgehead atoms. The number of rotatable bonds is 4. The summed E-state index contributed by atoms with van der Waals surface area (Å²) in [4.78, 5) is -0.0130. The first-order valence-corrected chi connectivity index (χ1v) is 7.79. The molecule has 7 heteroatoms. The van der Waals surface area contributed by atoms with Crippen molar-refractivity contribution in [1.82, 2.24) is 4.72 Å². The third-order valence-corrected chi connectivity index (χ3v) is 4.63. The number of halogens is 2. The van der Waals surface area contributed by atoms with Crippen LogP contribution in [0.4, 0.5) is 8.78 Å². The largest absolute Gasteiger partial charge is 0.241 e. The average Bonchev–Trinajstić information content (AvgIpc) is 2.49. The van der Waals surface area contributed by atoms with Crippen LogP contribution in [-0.2, 0) is 10.0 Å². The van der Waals surface area contributed by atoms with Crippen molar-refractivity contribution >= 4 is 10.0 Å². The smallest absolute Gasteiger partial charge is 0.207 e. The molecule has 2 rings (SSSR count). The zero-order valence-electron chi connectivity index (χ0n) is 11.5. The standard InChI is InChI=1S/C15H12F2N2O2S/c1-10(12-4-7-14(16)15(17)8-12)19-22(20,21)13-5-2-11(9-18)3-6-13/h2-8,10,19H,1H3. The predicted octanol–water partition coefficient (Wildman–Crippen LogP) is 2.88. The molecule has 0 fully saturated rings. The van der Waals surface area contributed by atoms with Crippen LogP contribution in [0.3, 0.4) is 0 Å². The number of hydrogen-bond donors (Lipinski definition) is 1. The minimum absolute atomic E-state index is 0.0130. The average molecular weight is 322 g/mol. The molecule has 0 aliphatic rings. The van der Waals surface area contributed by atoms with Crippen LogP contribution >= 0.6 is 0 Å². The van der Waals surface area contributed by atoms with Gasteiger partial charge in [-0.2, -0.15) is 5.26 Å². The fourth-order valence-corrected chi connectivity index (χ4v) is 3.09. The molecule has 2 aromatic carbocycles. The van der Waals surface area contributed by atoms with E-state index in [4.69, 9.17) is 5.26 Å². The summed E-state index contributed by atoms with van der Waals surface area (Å²) in [7, 11) is -3.83. The summed E-state index contributed by atoms with van der Waals surface area (Å²) in [5.41, 5.74) is 0.642. The SMILES string of the molecule is CC(NS(=O)(=O)c1ccc(C#N)cc1)c1ccc(F)c(F)c1. The number of nitrogens with zero attached hydrogens (tertiary/aromatic N) is 1. The lowest BCUT2D eigenvalue weighted by atomic mass is 10.1. The van der Waals surface area contributed by atoms with Crippen LogP contribution < -0.4 is 4.72 Å². The zero-order valence-corrected chi connectivity index (χ0v) is 12.4. The molecule has 0 aliphatic carbocycles. The highest BCUT2D eigenvalue weighted by Gasteiger charge is 2.19. The number of benzene rings is 2. The maximum absolute atomic E-state index is 13.2. The van der Waals surface area contributed by atoms with Gasteiger partial charge in [-0.3, -0.25) is 0 Å². The number of nitriles is 1. The van der Waals surface area contributed by atoms with Gasteiger partial charge in [0.25, 0.3) is 0 Å². The highest BCUT2D eigenvalue weighted by atomic mass is 32.2. The second-order valence-corrected chi connectivity index (χ2v) is 6.37. The Kier molecular flexibility index (Phi) is 4.54. The molecule has 1 N–H and O–H groups in total. The van der Waals surface area contributed by atoms with E-state index < -0.39 is 27.7 Å². The van der Waals surface area contributed by atoms with Crippen molar-refractivity contribution in [2.45, 2.75) is 17.9 Å². The van der Waals surface area contributed by atoms with Crippen LogP contribution in [0, 0.1) is 23.0 Å². The van der Waals surface area contributed by atoms with E-state index in [1.54, 1.807) is 0 Å². The predicted molar refractivity (Wildman–Crippen MR) is 76.3 cm³/mol. The van der Waals surface area contributed by atoms with E-state index in [1.165, 1.54) is 37.3 Å². The maximum Gasteiger partial charge on any atom is 0.241 e. The Bertz CT molecular complexity index is 828. The van der Waals surface area contributed by atoms with Crippen LogP contribution in [0.5, 0.6) is 0 Å². The molecule has 114 valence electrons. The molecule has 1 atom stereocenters. The van der Waals surface area contributed by atoms with Gasteiger partial charge in [0.15, 0.2) is 11.6 Å². The van der Waals surface area contributed by atoms with E-state index in [9.17, 15) is 17.2 Å². The second-order valence-electron chi connectivity index (χ2n) is 4.65. The van der Waals surface area contributed by atoms with Crippen molar-refractivity contribution in [1.29, 1.82) is 5.26 Å². The van der Waals surface area contributed by atoms with E-state index in [-0.39, 0.29) is 4.90 Å². The molecular weight excluding hydrogens is 310 g/mol. The van der Waals surface area contributed by atoms with Crippen LogP contribution in [-0.4, -0.2) is 8.42 Å². The first-order valence-electron chi connectivity index (χ1n) is 6.31. The molecule has 0 heterocycles. The molecule has 0 radical (unpaired) electrons. The van der Waals surface area contributed by atoms with Crippen molar-refractivity contribution < 1.29 is 17.2 Å². The van der Waals surface area contributed by atoms with E-state index in [2.05, 4.69) is 4.72 Å². The lowest BCUT2D eigenvalue weighted by Gasteiger charge is -2.15. The Morgan fingerprint density at radius 3 is 2.27 bits per heavy atom. The Balaban J connectivity index is 2.23. The molecular formula is C15H12F2N2O2S. The lowest BCUT2D eigenvalue weighted by Crippen LogP contribution is -2.27. The first-order chi connectivity index (χ1) is 10.3. The molecule has 0 spiro atoms. The summed E-state index contributed by atoms with van der Waals surface area (Å²) in [6, 6.07) is 9.73. The van der Waals surface area contributed by atoms with Crippen molar-refractivity contribution in [3.63, 3.8) is 0 Å². The van der Waals surface area contributed by atoms with Gasteiger partial charge in [0.05, 0.1) is 16.5 Å². The summed E-state index contributed by atoms with van der Waals surface area (Å²) in [5.74, 6) is -2.03. The molecule has 0 aromatic heterocycles. The Hall–Kier alpha value is -2.30. The molecule has 22 heavy (non-hydrogen) atoms. The van der Waals surface area contributed by atoms with Gasteiger partial charge < -0.3 is 0 Å². The van der Waals surface area contributed by atoms with Crippen LogP contribution in [0.1, 0.15) is 24.1 Å². The van der Waals surface area contributed by atoms with E-state index in [0.29, 0.717) is 11.1 Å². The third-order valence-electron chi connectivity index (χ3n) is 3.07.